The van der Waals surface area contributed by atoms with Crippen LogP contribution in [-0.2, 0) is 0 Å². The van der Waals surface area contributed by atoms with Gasteiger partial charge in [0, 0.05) is 0 Å². The molecule has 0 bridgehead atoms. The summed E-state index contributed by atoms with van der Waals surface area (Å²) in [5.74, 6) is 1.44. The topological polar surface area (TPSA) is 3.24 Å². The Morgan fingerprint density at radius 1 is 1.33 bits per heavy atom. The van der Waals surface area contributed by atoms with Crippen molar-refractivity contribution in [2.24, 2.45) is 11.8 Å². The van der Waals surface area contributed by atoms with Gasteiger partial charge in [0.05, 0.1) is 0 Å². The molecule has 0 saturated carbocycles. The molecule has 0 radical (unpaired) electrons. The standard InChI is InChI=1S/C11H23N/c1-6-10(2)11(3)8-7-9-12(4)5/h6,10-11H,1,7-9H2,2-5H3. The van der Waals surface area contributed by atoms with Crippen molar-refractivity contribution >= 4 is 0 Å². The Kier molecular flexibility index (Phi) is 6.09. The molecule has 72 valence electrons. The van der Waals surface area contributed by atoms with Gasteiger partial charge in [-0.2, -0.15) is 0 Å². The second-order valence-corrected chi connectivity index (χ2v) is 4.02. The lowest BCUT2D eigenvalue weighted by atomic mass is 9.92. The van der Waals surface area contributed by atoms with E-state index in [1.54, 1.807) is 0 Å². The van der Waals surface area contributed by atoms with Crippen LogP contribution in [0.2, 0.25) is 0 Å². The van der Waals surface area contributed by atoms with Crippen LogP contribution >= 0.6 is 0 Å². The maximum atomic E-state index is 3.81. The Hall–Kier alpha value is -0.300. The molecule has 0 aliphatic carbocycles. The highest BCUT2D eigenvalue weighted by atomic mass is 15.0. The summed E-state index contributed by atoms with van der Waals surface area (Å²) in [4.78, 5) is 2.24. The predicted octanol–water partition coefficient (Wildman–Crippen LogP) is 2.79. The van der Waals surface area contributed by atoms with E-state index in [0.717, 1.165) is 5.92 Å². The highest BCUT2D eigenvalue weighted by molar-refractivity contribution is 4.79. The molecule has 0 aromatic carbocycles. The summed E-state index contributed by atoms with van der Waals surface area (Å²) in [5.41, 5.74) is 0. The van der Waals surface area contributed by atoms with E-state index in [4.69, 9.17) is 0 Å². The third-order valence-corrected chi connectivity index (χ3v) is 2.53. The predicted molar refractivity (Wildman–Crippen MR) is 56.3 cm³/mol. The Balaban J connectivity index is 3.43. The average molecular weight is 169 g/mol. The molecule has 0 spiro atoms. The van der Waals surface area contributed by atoms with Crippen LogP contribution in [0.3, 0.4) is 0 Å². The first-order valence-electron chi connectivity index (χ1n) is 4.85. The summed E-state index contributed by atoms with van der Waals surface area (Å²) in [6, 6.07) is 0. The maximum Gasteiger partial charge on any atom is -0.00247 e. The normalized spacial score (nSPS) is 16.1. The molecule has 0 rings (SSSR count). The van der Waals surface area contributed by atoms with Gasteiger partial charge >= 0.3 is 0 Å². The van der Waals surface area contributed by atoms with Gasteiger partial charge in [-0.15, -0.1) is 6.58 Å². The van der Waals surface area contributed by atoms with Crippen molar-refractivity contribution in [3.8, 4) is 0 Å². The zero-order chi connectivity index (χ0) is 9.56. The van der Waals surface area contributed by atoms with Crippen LogP contribution < -0.4 is 0 Å². The van der Waals surface area contributed by atoms with Crippen molar-refractivity contribution < 1.29 is 0 Å². The first-order chi connectivity index (χ1) is 5.57. The van der Waals surface area contributed by atoms with Crippen LogP contribution in [0, 0.1) is 11.8 Å². The van der Waals surface area contributed by atoms with Crippen LogP contribution in [0.1, 0.15) is 26.7 Å². The highest BCUT2D eigenvalue weighted by Gasteiger charge is 2.07. The summed E-state index contributed by atoms with van der Waals surface area (Å²) in [6.45, 7) is 9.57. The molecular weight excluding hydrogens is 146 g/mol. The number of allylic oxidation sites excluding steroid dienone is 1. The van der Waals surface area contributed by atoms with Gasteiger partial charge in [-0.25, -0.2) is 0 Å². The molecule has 2 atom stereocenters. The molecule has 0 fully saturated rings. The van der Waals surface area contributed by atoms with E-state index in [1.165, 1.54) is 19.4 Å². The van der Waals surface area contributed by atoms with Crippen molar-refractivity contribution in [3.63, 3.8) is 0 Å². The third kappa shape index (κ3) is 5.36. The lowest BCUT2D eigenvalue weighted by Crippen LogP contribution is -2.15. The summed E-state index contributed by atoms with van der Waals surface area (Å²) in [7, 11) is 4.25. The molecule has 1 heteroatoms. The minimum absolute atomic E-state index is 0.659. The van der Waals surface area contributed by atoms with Crippen molar-refractivity contribution in [3.05, 3.63) is 12.7 Å². The monoisotopic (exact) mass is 169 g/mol. The fourth-order valence-electron chi connectivity index (χ4n) is 1.22. The number of hydrogen-bond donors (Lipinski definition) is 0. The zero-order valence-electron chi connectivity index (χ0n) is 9.01. The number of nitrogens with zero attached hydrogens (tertiary/aromatic N) is 1. The molecule has 0 aromatic heterocycles. The zero-order valence-corrected chi connectivity index (χ0v) is 9.01. The fraction of sp³-hybridized carbons (Fsp3) is 0.818. The van der Waals surface area contributed by atoms with E-state index in [1.807, 2.05) is 0 Å². The van der Waals surface area contributed by atoms with Crippen molar-refractivity contribution in [2.75, 3.05) is 20.6 Å². The first kappa shape index (κ1) is 11.7. The van der Waals surface area contributed by atoms with E-state index in [9.17, 15) is 0 Å². The molecule has 2 unspecified atom stereocenters. The number of rotatable bonds is 6. The number of hydrogen-bond acceptors (Lipinski definition) is 1. The van der Waals surface area contributed by atoms with Crippen LogP contribution in [0.25, 0.3) is 0 Å². The van der Waals surface area contributed by atoms with Gasteiger partial charge < -0.3 is 4.90 Å². The molecule has 0 saturated heterocycles. The average Bonchev–Trinajstić information content (AvgIpc) is 2.02. The Labute approximate surface area is 77.5 Å². The van der Waals surface area contributed by atoms with Crippen molar-refractivity contribution in [1.29, 1.82) is 0 Å². The van der Waals surface area contributed by atoms with E-state index in [-0.39, 0.29) is 0 Å². The molecular formula is C11H23N. The van der Waals surface area contributed by atoms with Crippen LogP contribution in [0.15, 0.2) is 12.7 Å². The van der Waals surface area contributed by atoms with Gasteiger partial charge in [0.15, 0.2) is 0 Å². The lowest BCUT2D eigenvalue weighted by molar-refractivity contribution is 0.349. The van der Waals surface area contributed by atoms with Gasteiger partial charge in [-0.05, 0) is 45.3 Å². The summed E-state index contributed by atoms with van der Waals surface area (Å²) in [6.07, 6.45) is 4.66. The van der Waals surface area contributed by atoms with Gasteiger partial charge in [0.1, 0.15) is 0 Å². The molecule has 0 amide bonds. The minimum Gasteiger partial charge on any atom is -0.309 e. The minimum atomic E-state index is 0.659. The van der Waals surface area contributed by atoms with Gasteiger partial charge in [-0.3, -0.25) is 0 Å². The van der Waals surface area contributed by atoms with Gasteiger partial charge in [0.25, 0.3) is 0 Å². The van der Waals surface area contributed by atoms with E-state index in [0.29, 0.717) is 5.92 Å². The van der Waals surface area contributed by atoms with E-state index >= 15 is 0 Å². The molecule has 1 nitrogen and oxygen atoms in total. The van der Waals surface area contributed by atoms with Crippen LogP contribution in [-0.4, -0.2) is 25.5 Å². The highest BCUT2D eigenvalue weighted by Crippen LogP contribution is 2.17. The summed E-state index contributed by atoms with van der Waals surface area (Å²) in [5, 5.41) is 0. The molecule has 0 aliphatic rings. The summed E-state index contributed by atoms with van der Waals surface area (Å²) >= 11 is 0. The first-order valence-corrected chi connectivity index (χ1v) is 4.85. The van der Waals surface area contributed by atoms with E-state index < -0.39 is 0 Å². The van der Waals surface area contributed by atoms with Crippen LogP contribution in [0.5, 0.6) is 0 Å². The smallest absolute Gasteiger partial charge is 0.00247 e. The Morgan fingerprint density at radius 3 is 2.33 bits per heavy atom. The van der Waals surface area contributed by atoms with Crippen molar-refractivity contribution in [2.45, 2.75) is 26.7 Å². The molecule has 0 aliphatic heterocycles. The molecule has 0 N–H and O–H groups in total. The summed E-state index contributed by atoms with van der Waals surface area (Å²) < 4.78 is 0. The van der Waals surface area contributed by atoms with Gasteiger partial charge in [0.2, 0.25) is 0 Å². The Bertz CT molecular complexity index is 118. The third-order valence-electron chi connectivity index (χ3n) is 2.53. The second-order valence-electron chi connectivity index (χ2n) is 4.02. The van der Waals surface area contributed by atoms with Crippen molar-refractivity contribution in [1.82, 2.24) is 4.90 Å². The molecule has 0 heterocycles. The molecule has 12 heavy (non-hydrogen) atoms. The SMILES string of the molecule is C=CC(C)C(C)CCCN(C)C. The Morgan fingerprint density at radius 2 is 1.92 bits per heavy atom. The maximum absolute atomic E-state index is 3.81. The van der Waals surface area contributed by atoms with Crippen LogP contribution in [0.4, 0.5) is 0 Å². The fourth-order valence-corrected chi connectivity index (χ4v) is 1.22. The lowest BCUT2D eigenvalue weighted by Gasteiger charge is -2.17. The quantitative estimate of drug-likeness (QED) is 0.553. The second kappa shape index (κ2) is 6.24. The molecule has 0 aromatic rings. The van der Waals surface area contributed by atoms with E-state index in [2.05, 4.69) is 45.5 Å². The van der Waals surface area contributed by atoms with Gasteiger partial charge in [-0.1, -0.05) is 19.9 Å². The largest absolute Gasteiger partial charge is 0.309 e.